The number of likely N-dealkylation sites (tertiary alicyclic amines) is 1. The normalized spacial score (nSPS) is 15.2. The van der Waals surface area contributed by atoms with Gasteiger partial charge in [-0.3, -0.25) is 9.59 Å². The second-order valence-corrected chi connectivity index (χ2v) is 7.08. The first kappa shape index (κ1) is 17.4. The van der Waals surface area contributed by atoms with E-state index in [2.05, 4.69) is 17.4 Å². The zero-order valence-electron chi connectivity index (χ0n) is 15.4. The second kappa shape index (κ2) is 7.31. The number of hydrogen-bond donors (Lipinski definition) is 1. The molecule has 3 aromatic rings. The van der Waals surface area contributed by atoms with Gasteiger partial charge in [0, 0.05) is 30.3 Å². The highest BCUT2D eigenvalue weighted by Crippen LogP contribution is 2.19. The Hall–Kier alpha value is -3.02. The third-order valence-corrected chi connectivity index (χ3v) is 5.23. The van der Waals surface area contributed by atoms with Gasteiger partial charge in [-0.2, -0.15) is 0 Å². The molecule has 1 aromatic carbocycles. The maximum absolute atomic E-state index is 12.6. The molecule has 2 aromatic heterocycles. The molecule has 0 atom stereocenters. The molecule has 140 valence electrons. The Morgan fingerprint density at radius 3 is 2.70 bits per heavy atom. The van der Waals surface area contributed by atoms with E-state index in [0.717, 1.165) is 29.4 Å². The molecule has 1 N–H and O–H groups in total. The van der Waals surface area contributed by atoms with Crippen molar-refractivity contribution in [2.45, 2.75) is 32.4 Å². The number of fused-ring (bicyclic) bond motifs is 1. The topological polar surface area (TPSA) is 67.5 Å². The van der Waals surface area contributed by atoms with E-state index >= 15 is 0 Å². The van der Waals surface area contributed by atoms with Gasteiger partial charge in [-0.05, 0) is 43.4 Å². The molecule has 0 bridgehead atoms. The molecule has 3 heterocycles. The van der Waals surface area contributed by atoms with Crippen LogP contribution in [-0.4, -0.2) is 40.4 Å². The first-order valence-corrected chi connectivity index (χ1v) is 9.27. The van der Waals surface area contributed by atoms with Gasteiger partial charge in [-0.25, -0.2) is 0 Å². The number of piperidine rings is 1. The number of benzene rings is 1. The summed E-state index contributed by atoms with van der Waals surface area (Å²) in [5, 5.41) is 4.27. The fraction of sp³-hybridized carbons (Fsp3) is 0.333. The number of furan rings is 1. The fourth-order valence-corrected chi connectivity index (χ4v) is 3.77. The van der Waals surface area contributed by atoms with Crippen LogP contribution in [0.2, 0.25) is 0 Å². The third kappa shape index (κ3) is 3.60. The lowest BCUT2D eigenvalue weighted by atomic mass is 10.0. The van der Waals surface area contributed by atoms with Crippen molar-refractivity contribution in [1.82, 2.24) is 14.8 Å². The van der Waals surface area contributed by atoms with Gasteiger partial charge in [-0.15, -0.1) is 0 Å². The molecule has 6 heteroatoms. The summed E-state index contributed by atoms with van der Waals surface area (Å²) in [6.45, 7) is 3.61. The summed E-state index contributed by atoms with van der Waals surface area (Å²) >= 11 is 0. The van der Waals surface area contributed by atoms with Crippen molar-refractivity contribution in [2.24, 2.45) is 0 Å². The number of aryl methyl sites for hydroxylation is 1. The van der Waals surface area contributed by atoms with Crippen molar-refractivity contribution < 1.29 is 14.0 Å². The van der Waals surface area contributed by atoms with E-state index in [0.29, 0.717) is 25.2 Å². The highest BCUT2D eigenvalue weighted by Gasteiger charge is 2.25. The van der Waals surface area contributed by atoms with Gasteiger partial charge in [0.2, 0.25) is 5.91 Å². The number of para-hydroxylation sites is 1. The van der Waals surface area contributed by atoms with Crippen LogP contribution in [0.1, 0.15) is 28.9 Å². The van der Waals surface area contributed by atoms with Gasteiger partial charge in [0.25, 0.3) is 5.91 Å². The lowest BCUT2D eigenvalue weighted by molar-refractivity contribution is -0.122. The minimum Gasteiger partial charge on any atom is -0.472 e. The second-order valence-electron chi connectivity index (χ2n) is 7.08. The molecule has 27 heavy (non-hydrogen) atoms. The number of aromatic nitrogens is 1. The summed E-state index contributed by atoms with van der Waals surface area (Å²) in [6, 6.07) is 12.0. The monoisotopic (exact) mass is 365 g/mol. The lowest BCUT2D eigenvalue weighted by Crippen LogP contribution is -2.47. The third-order valence-electron chi connectivity index (χ3n) is 5.23. The number of carbonyl (C=O) groups excluding carboxylic acids is 2. The molecule has 0 spiro atoms. The van der Waals surface area contributed by atoms with Crippen LogP contribution >= 0.6 is 0 Å². The van der Waals surface area contributed by atoms with E-state index in [1.807, 2.05) is 34.6 Å². The van der Waals surface area contributed by atoms with E-state index in [1.165, 1.54) is 12.5 Å². The molecule has 0 radical (unpaired) electrons. The van der Waals surface area contributed by atoms with Crippen molar-refractivity contribution in [3.05, 3.63) is 60.2 Å². The Kier molecular flexibility index (Phi) is 4.71. The zero-order chi connectivity index (χ0) is 18.8. The van der Waals surface area contributed by atoms with E-state index in [9.17, 15) is 9.59 Å². The van der Waals surface area contributed by atoms with Gasteiger partial charge < -0.3 is 19.2 Å². The van der Waals surface area contributed by atoms with Gasteiger partial charge in [0.05, 0.1) is 11.8 Å². The molecule has 2 amide bonds. The lowest BCUT2D eigenvalue weighted by Gasteiger charge is -2.32. The zero-order valence-corrected chi connectivity index (χ0v) is 15.4. The Labute approximate surface area is 157 Å². The van der Waals surface area contributed by atoms with Crippen molar-refractivity contribution in [1.29, 1.82) is 0 Å². The molecule has 0 unspecified atom stereocenters. The molecule has 0 aliphatic carbocycles. The average molecular weight is 365 g/mol. The highest BCUT2D eigenvalue weighted by atomic mass is 16.3. The molecule has 1 fully saturated rings. The van der Waals surface area contributed by atoms with E-state index in [4.69, 9.17) is 4.42 Å². The maximum Gasteiger partial charge on any atom is 0.257 e. The van der Waals surface area contributed by atoms with Gasteiger partial charge in [0.1, 0.15) is 12.8 Å². The standard InChI is InChI=1S/C21H23N3O3/c1-15-12-16-4-2-3-5-19(16)24(15)13-20(25)22-18-6-9-23(10-7-18)21(26)17-8-11-27-14-17/h2-5,8,11-12,14,18H,6-7,9-10,13H2,1H3,(H,22,25). The quantitative estimate of drug-likeness (QED) is 0.773. The van der Waals surface area contributed by atoms with Crippen molar-refractivity contribution >= 4 is 22.7 Å². The van der Waals surface area contributed by atoms with Crippen LogP contribution < -0.4 is 5.32 Å². The van der Waals surface area contributed by atoms with Crippen LogP contribution in [0, 0.1) is 6.92 Å². The number of nitrogens with zero attached hydrogens (tertiary/aromatic N) is 2. The first-order valence-electron chi connectivity index (χ1n) is 9.27. The van der Waals surface area contributed by atoms with Crippen LogP contribution in [0.4, 0.5) is 0 Å². The van der Waals surface area contributed by atoms with Gasteiger partial charge >= 0.3 is 0 Å². The summed E-state index contributed by atoms with van der Waals surface area (Å²) in [7, 11) is 0. The predicted molar refractivity (Wildman–Crippen MR) is 102 cm³/mol. The average Bonchev–Trinajstić information content (AvgIpc) is 3.31. The van der Waals surface area contributed by atoms with Crippen LogP contribution in [0.25, 0.3) is 10.9 Å². The molecule has 1 aliphatic heterocycles. The SMILES string of the molecule is Cc1cc2ccccc2n1CC(=O)NC1CCN(C(=O)c2ccoc2)CC1. The largest absolute Gasteiger partial charge is 0.472 e. The number of carbonyl (C=O) groups is 2. The summed E-state index contributed by atoms with van der Waals surface area (Å²) in [5.41, 5.74) is 2.73. The molecule has 4 rings (SSSR count). The molecule has 1 aliphatic rings. The van der Waals surface area contributed by atoms with Gasteiger partial charge in [0.15, 0.2) is 0 Å². The number of nitrogens with one attached hydrogen (secondary N) is 1. The Morgan fingerprint density at radius 2 is 1.96 bits per heavy atom. The molecule has 6 nitrogen and oxygen atoms in total. The fourth-order valence-electron chi connectivity index (χ4n) is 3.77. The Morgan fingerprint density at radius 1 is 1.19 bits per heavy atom. The van der Waals surface area contributed by atoms with Crippen molar-refractivity contribution in [3.63, 3.8) is 0 Å². The predicted octanol–water partition coefficient (Wildman–Crippen LogP) is 2.96. The maximum atomic E-state index is 12.6. The van der Waals surface area contributed by atoms with Crippen LogP contribution in [0.5, 0.6) is 0 Å². The van der Waals surface area contributed by atoms with Crippen molar-refractivity contribution in [2.75, 3.05) is 13.1 Å². The van der Waals surface area contributed by atoms with Crippen LogP contribution in [-0.2, 0) is 11.3 Å². The van der Waals surface area contributed by atoms with Crippen LogP contribution in [0.15, 0.2) is 53.3 Å². The van der Waals surface area contributed by atoms with Crippen molar-refractivity contribution in [3.8, 4) is 0 Å². The van der Waals surface area contributed by atoms with E-state index in [1.54, 1.807) is 6.07 Å². The highest BCUT2D eigenvalue weighted by molar-refractivity contribution is 5.93. The van der Waals surface area contributed by atoms with Gasteiger partial charge in [-0.1, -0.05) is 18.2 Å². The Balaban J connectivity index is 1.33. The summed E-state index contributed by atoms with van der Waals surface area (Å²) in [5.74, 6) is 0.00188. The Bertz CT molecular complexity index is 950. The summed E-state index contributed by atoms with van der Waals surface area (Å²) < 4.78 is 7.03. The first-order chi connectivity index (χ1) is 13.1. The minimum atomic E-state index is -0.0111. The summed E-state index contributed by atoms with van der Waals surface area (Å²) in [6.07, 6.45) is 4.51. The number of rotatable bonds is 4. The minimum absolute atomic E-state index is 0.0111. The van der Waals surface area contributed by atoms with Crippen LogP contribution in [0.3, 0.4) is 0 Å². The van der Waals surface area contributed by atoms with E-state index < -0.39 is 0 Å². The number of hydrogen-bond acceptors (Lipinski definition) is 3. The number of amides is 2. The summed E-state index contributed by atoms with van der Waals surface area (Å²) in [4.78, 5) is 26.7. The smallest absolute Gasteiger partial charge is 0.257 e. The molecule has 0 saturated carbocycles. The molecular weight excluding hydrogens is 342 g/mol. The molecular formula is C21H23N3O3. The van der Waals surface area contributed by atoms with E-state index in [-0.39, 0.29) is 17.9 Å². The molecule has 1 saturated heterocycles.